The molecule has 0 aromatic heterocycles. The summed E-state index contributed by atoms with van der Waals surface area (Å²) in [5.41, 5.74) is 6.26. The van der Waals surface area contributed by atoms with Crippen LogP contribution in [0.4, 0.5) is 5.69 Å². The number of ether oxygens (including phenoxy) is 2. The summed E-state index contributed by atoms with van der Waals surface area (Å²) < 4.78 is 10.5. The summed E-state index contributed by atoms with van der Waals surface area (Å²) in [6.45, 7) is 4.99. The van der Waals surface area contributed by atoms with Crippen molar-refractivity contribution >= 4 is 29.3 Å². The van der Waals surface area contributed by atoms with Gasteiger partial charge in [0.05, 0.1) is 17.7 Å². The van der Waals surface area contributed by atoms with E-state index < -0.39 is 29.7 Å². The standard InChI is InChI=1S/C19H17N3O6/c1-9-14(28-10(2)27-9)8-21-15(23)7-6-13(18(21)25)22-17(24)11-4-3-5-12(20)16(11)19(22)26/h3-5,13H,2,6-8,20H2,1H3. The lowest BCUT2D eigenvalue weighted by Crippen LogP contribution is -2.56. The molecule has 9 nitrogen and oxygen atoms in total. The van der Waals surface area contributed by atoms with Crippen molar-refractivity contribution in [3.8, 4) is 0 Å². The van der Waals surface area contributed by atoms with Crippen LogP contribution < -0.4 is 5.73 Å². The van der Waals surface area contributed by atoms with Crippen molar-refractivity contribution in [2.45, 2.75) is 25.8 Å². The van der Waals surface area contributed by atoms with Crippen molar-refractivity contribution in [3.63, 3.8) is 0 Å². The van der Waals surface area contributed by atoms with Crippen LogP contribution in [-0.4, -0.2) is 46.0 Å². The number of hydrogen-bond donors (Lipinski definition) is 1. The molecule has 2 N–H and O–H groups in total. The normalized spacial score (nSPS) is 22.0. The molecule has 1 saturated heterocycles. The van der Waals surface area contributed by atoms with Gasteiger partial charge in [-0.15, -0.1) is 0 Å². The molecule has 0 aliphatic carbocycles. The largest absolute Gasteiger partial charge is 0.428 e. The molecule has 1 atom stereocenters. The third-order valence-electron chi connectivity index (χ3n) is 4.97. The second kappa shape index (κ2) is 6.22. The molecule has 9 heteroatoms. The first-order valence-corrected chi connectivity index (χ1v) is 8.64. The number of piperidine rings is 1. The highest BCUT2D eigenvalue weighted by Crippen LogP contribution is 2.33. The molecule has 1 fully saturated rings. The Bertz CT molecular complexity index is 995. The first-order chi connectivity index (χ1) is 13.3. The molecule has 3 heterocycles. The molecule has 0 saturated carbocycles. The number of nitrogens with two attached hydrogens (primary N) is 1. The van der Waals surface area contributed by atoms with Gasteiger partial charge in [-0.3, -0.25) is 29.0 Å². The van der Waals surface area contributed by atoms with Gasteiger partial charge >= 0.3 is 0 Å². The van der Waals surface area contributed by atoms with Gasteiger partial charge in [0.2, 0.25) is 5.91 Å². The second-order valence-electron chi connectivity index (χ2n) is 6.68. The lowest BCUT2D eigenvalue weighted by atomic mass is 10.0. The molecule has 1 aromatic carbocycles. The molecule has 1 aromatic rings. The molecule has 0 radical (unpaired) electrons. The fourth-order valence-electron chi connectivity index (χ4n) is 3.58. The number of likely N-dealkylation sites (tertiary alicyclic amines) is 1. The van der Waals surface area contributed by atoms with E-state index in [1.807, 2.05) is 0 Å². The van der Waals surface area contributed by atoms with Gasteiger partial charge in [-0.05, 0) is 32.1 Å². The Hall–Kier alpha value is -3.62. The molecule has 3 aliphatic heterocycles. The summed E-state index contributed by atoms with van der Waals surface area (Å²) in [7, 11) is 0. The number of amides is 4. The number of fused-ring (bicyclic) bond motifs is 1. The number of anilines is 1. The number of nitrogens with zero attached hydrogens (tertiary/aromatic N) is 2. The third-order valence-corrected chi connectivity index (χ3v) is 4.97. The van der Waals surface area contributed by atoms with Gasteiger partial charge in [-0.25, -0.2) is 0 Å². The highest BCUT2D eigenvalue weighted by Gasteiger charge is 2.48. The second-order valence-corrected chi connectivity index (χ2v) is 6.68. The fraction of sp³-hybridized carbons (Fsp3) is 0.263. The fourth-order valence-corrected chi connectivity index (χ4v) is 3.58. The van der Waals surface area contributed by atoms with Crippen LogP contribution in [0.3, 0.4) is 0 Å². The minimum Gasteiger partial charge on any atom is -0.428 e. The lowest BCUT2D eigenvalue weighted by Gasteiger charge is -2.34. The van der Waals surface area contributed by atoms with Gasteiger partial charge in [-0.1, -0.05) is 6.07 Å². The zero-order valence-electron chi connectivity index (χ0n) is 15.1. The molecular formula is C19H17N3O6. The summed E-state index contributed by atoms with van der Waals surface area (Å²) in [6, 6.07) is 3.49. The molecule has 4 rings (SSSR count). The molecule has 4 amide bonds. The highest BCUT2D eigenvalue weighted by molar-refractivity contribution is 6.25. The minimum atomic E-state index is -1.09. The first kappa shape index (κ1) is 17.8. The Morgan fingerprint density at radius 3 is 2.57 bits per heavy atom. The van der Waals surface area contributed by atoms with E-state index in [1.54, 1.807) is 13.0 Å². The molecule has 0 bridgehead atoms. The Morgan fingerprint density at radius 1 is 1.18 bits per heavy atom. The van der Waals surface area contributed by atoms with Crippen LogP contribution in [0.15, 0.2) is 42.2 Å². The highest BCUT2D eigenvalue weighted by atomic mass is 16.7. The molecular weight excluding hydrogens is 366 g/mol. The van der Waals surface area contributed by atoms with Crippen LogP contribution >= 0.6 is 0 Å². The zero-order valence-corrected chi connectivity index (χ0v) is 15.1. The van der Waals surface area contributed by atoms with E-state index in [1.165, 1.54) is 12.1 Å². The molecule has 28 heavy (non-hydrogen) atoms. The smallest absolute Gasteiger partial charge is 0.282 e. The molecule has 0 spiro atoms. The number of nitrogen functional groups attached to an aromatic ring is 1. The summed E-state index contributed by atoms with van der Waals surface area (Å²) in [6.07, 6.45) is 0.0645. The van der Waals surface area contributed by atoms with Crippen LogP contribution in [0.5, 0.6) is 0 Å². The Balaban J connectivity index is 1.62. The van der Waals surface area contributed by atoms with Gasteiger partial charge in [0.15, 0.2) is 5.76 Å². The maximum absolute atomic E-state index is 13.0. The van der Waals surface area contributed by atoms with Crippen molar-refractivity contribution in [1.29, 1.82) is 0 Å². The number of hydrogen-bond acceptors (Lipinski definition) is 7. The van der Waals surface area contributed by atoms with Gasteiger partial charge in [0, 0.05) is 12.1 Å². The topological polar surface area (TPSA) is 119 Å². The number of allylic oxidation sites excluding steroid dienone is 1. The predicted octanol–water partition coefficient (Wildman–Crippen LogP) is 1.13. The van der Waals surface area contributed by atoms with Crippen molar-refractivity contribution in [3.05, 3.63) is 53.4 Å². The summed E-state index contributed by atoms with van der Waals surface area (Å²) in [4.78, 5) is 52.8. The minimum absolute atomic E-state index is 0.00737. The SMILES string of the molecule is C=C1OC(C)=C(CN2C(=O)CCC(N3C(=O)c4cccc(N)c4C3=O)C2=O)O1. The maximum atomic E-state index is 13.0. The van der Waals surface area contributed by atoms with E-state index in [0.29, 0.717) is 5.76 Å². The van der Waals surface area contributed by atoms with Crippen molar-refractivity contribution in [1.82, 2.24) is 9.80 Å². The Morgan fingerprint density at radius 2 is 1.93 bits per heavy atom. The van der Waals surface area contributed by atoms with E-state index in [4.69, 9.17) is 15.2 Å². The molecule has 3 aliphatic rings. The van der Waals surface area contributed by atoms with E-state index in [-0.39, 0.29) is 47.9 Å². The van der Waals surface area contributed by atoms with Crippen molar-refractivity contribution in [2.24, 2.45) is 0 Å². The van der Waals surface area contributed by atoms with Crippen LogP contribution in [0.25, 0.3) is 0 Å². The van der Waals surface area contributed by atoms with Crippen molar-refractivity contribution in [2.75, 3.05) is 12.3 Å². The summed E-state index contributed by atoms with van der Waals surface area (Å²) in [5.74, 6) is -1.57. The third kappa shape index (κ3) is 2.55. The monoisotopic (exact) mass is 383 g/mol. The predicted molar refractivity (Wildman–Crippen MR) is 95.1 cm³/mol. The van der Waals surface area contributed by atoms with Gasteiger partial charge in [0.25, 0.3) is 23.7 Å². The van der Waals surface area contributed by atoms with E-state index >= 15 is 0 Å². The number of rotatable bonds is 3. The lowest BCUT2D eigenvalue weighted by molar-refractivity contribution is -0.151. The average Bonchev–Trinajstić information content (AvgIpc) is 3.09. The quantitative estimate of drug-likeness (QED) is 0.614. The molecule has 144 valence electrons. The van der Waals surface area contributed by atoms with Crippen molar-refractivity contribution < 1.29 is 28.7 Å². The Labute approximate surface area is 160 Å². The number of carbonyl (C=O) groups is 4. The first-order valence-electron chi connectivity index (χ1n) is 8.64. The average molecular weight is 383 g/mol. The summed E-state index contributed by atoms with van der Waals surface area (Å²) in [5, 5.41) is 0. The number of benzene rings is 1. The molecule has 1 unspecified atom stereocenters. The van der Waals surface area contributed by atoms with Crippen LogP contribution in [0, 0.1) is 0 Å². The van der Waals surface area contributed by atoms with E-state index in [0.717, 1.165) is 9.80 Å². The zero-order chi connectivity index (χ0) is 20.2. The number of carbonyl (C=O) groups excluding carboxylic acids is 4. The van der Waals surface area contributed by atoms with Gasteiger partial charge in [0.1, 0.15) is 11.8 Å². The Kier molecular flexibility index (Phi) is 3.95. The summed E-state index contributed by atoms with van der Waals surface area (Å²) >= 11 is 0. The maximum Gasteiger partial charge on any atom is 0.282 e. The van der Waals surface area contributed by atoms with Gasteiger partial charge in [-0.2, -0.15) is 0 Å². The van der Waals surface area contributed by atoms with Crippen LogP contribution in [0.2, 0.25) is 0 Å². The van der Waals surface area contributed by atoms with Crippen LogP contribution in [0.1, 0.15) is 40.5 Å². The van der Waals surface area contributed by atoms with Gasteiger partial charge < -0.3 is 15.2 Å². The number of imide groups is 2. The van der Waals surface area contributed by atoms with E-state index in [2.05, 4.69) is 6.58 Å². The van der Waals surface area contributed by atoms with E-state index in [9.17, 15) is 19.2 Å². The van der Waals surface area contributed by atoms with Crippen LogP contribution in [-0.2, 0) is 19.1 Å².